The number of hydrogen-bond acceptors (Lipinski definition) is 6. The summed E-state index contributed by atoms with van der Waals surface area (Å²) in [6.45, 7) is 2.67. The minimum Gasteiger partial charge on any atom is -0.419 e. The smallest absolute Gasteiger partial charge is 0.419 e. The Balaban J connectivity index is 1.71. The van der Waals surface area contributed by atoms with Crippen molar-refractivity contribution in [3.63, 3.8) is 0 Å². The Morgan fingerprint density at radius 1 is 1.21 bits per heavy atom. The molecule has 8 nitrogen and oxygen atoms in total. The highest BCUT2D eigenvalue weighted by Gasteiger charge is 2.55. The summed E-state index contributed by atoms with van der Waals surface area (Å²) in [4.78, 5) is 7.87. The molecule has 0 saturated carbocycles. The Labute approximate surface area is 162 Å². The van der Waals surface area contributed by atoms with Gasteiger partial charge in [0.25, 0.3) is 0 Å². The number of ether oxygens (including phenoxy) is 1. The second-order valence-electron chi connectivity index (χ2n) is 6.90. The molecule has 0 aliphatic carbocycles. The molecule has 11 heteroatoms. The van der Waals surface area contributed by atoms with Gasteiger partial charge in [0.15, 0.2) is 5.82 Å². The summed E-state index contributed by atoms with van der Waals surface area (Å²) < 4.78 is 48.5. The van der Waals surface area contributed by atoms with E-state index in [-0.39, 0.29) is 18.3 Å². The van der Waals surface area contributed by atoms with Gasteiger partial charge in [0, 0.05) is 18.3 Å². The number of aromatic nitrogens is 5. The number of fused-ring (bicyclic) bond motifs is 3. The van der Waals surface area contributed by atoms with Crippen molar-refractivity contribution in [2.24, 2.45) is 0 Å². The topological polar surface area (TPSA) is 102 Å². The number of alkyl halides is 3. The van der Waals surface area contributed by atoms with Gasteiger partial charge in [0.2, 0.25) is 17.4 Å². The van der Waals surface area contributed by atoms with Gasteiger partial charge in [-0.1, -0.05) is 0 Å². The molecule has 0 fully saturated rings. The minimum absolute atomic E-state index is 0.197. The van der Waals surface area contributed by atoms with Crippen LogP contribution in [-0.2, 0) is 12.1 Å². The molecule has 150 valence electrons. The fourth-order valence-electron chi connectivity index (χ4n) is 3.22. The van der Waals surface area contributed by atoms with Crippen molar-refractivity contribution in [3.8, 4) is 29.2 Å². The zero-order chi connectivity index (χ0) is 21.0. The predicted octanol–water partition coefficient (Wildman–Crippen LogP) is 3.15. The summed E-state index contributed by atoms with van der Waals surface area (Å²) in [6, 6.07) is 6.14. The molecule has 0 unspecified atom stereocenters. The van der Waals surface area contributed by atoms with Crippen LogP contribution in [0.4, 0.5) is 13.2 Å². The molecule has 0 aromatic carbocycles. The highest BCUT2D eigenvalue weighted by Crippen LogP contribution is 2.42. The van der Waals surface area contributed by atoms with Gasteiger partial charge >= 0.3 is 6.18 Å². The van der Waals surface area contributed by atoms with Crippen LogP contribution in [0.1, 0.15) is 31.3 Å². The van der Waals surface area contributed by atoms with Crippen LogP contribution in [0.2, 0.25) is 0 Å². The van der Waals surface area contributed by atoms with E-state index in [4.69, 9.17) is 10.00 Å². The van der Waals surface area contributed by atoms with E-state index in [9.17, 15) is 18.3 Å². The third-order valence-corrected chi connectivity index (χ3v) is 4.76. The molecule has 1 aliphatic heterocycles. The van der Waals surface area contributed by atoms with Crippen LogP contribution in [0.15, 0.2) is 30.6 Å². The molecule has 0 amide bonds. The fraction of sp³-hybridized carbons (Fsp3) is 0.333. The summed E-state index contributed by atoms with van der Waals surface area (Å²) in [6.07, 6.45) is -2.24. The van der Waals surface area contributed by atoms with E-state index < -0.39 is 23.6 Å². The maximum atomic E-state index is 13.3. The first-order chi connectivity index (χ1) is 13.6. The van der Waals surface area contributed by atoms with Crippen LogP contribution in [0.5, 0.6) is 11.8 Å². The Bertz CT molecular complexity index is 1110. The van der Waals surface area contributed by atoms with Crippen molar-refractivity contribution in [2.75, 3.05) is 0 Å². The Hall–Kier alpha value is -3.39. The molecule has 2 atom stereocenters. The average Bonchev–Trinajstić information content (AvgIpc) is 3.26. The van der Waals surface area contributed by atoms with Crippen molar-refractivity contribution in [2.45, 2.75) is 38.2 Å². The summed E-state index contributed by atoms with van der Waals surface area (Å²) >= 11 is 0. The lowest BCUT2D eigenvalue weighted by Crippen LogP contribution is -2.42. The second kappa shape index (κ2) is 6.31. The number of nitriles is 1. The zero-order valence-corrected chi connectivity index (χ0v) is 15.3. The van der Waals surface area contributed by atoms with E-state index in [1.807, 2.05) is 6.07 Å². The molecule has 3 aromatic rings. The lowest BCUT2D eigenvalue weighted by molar-refractivity contribution is -0.262. The Morgan fingerprint density at radius 2 is 1.97 bits per heavy atom. The molecule has 4 heterocycles. The second-order valence-corrected chi connectivity index (χ2v) is 6.90. The number of halogens is 3. The summed E-state index contributed by atoms with van der Waals surface area (Å²) in [5, 5.41) is 23.2. The first kappa shape index (κ1) is 18.9. The van der Waals surface area contributed by atoms with Crippen LogP contribution in [0, 0.1) is 11.3 Å². The van der Waals surface area contributed by atoms with E-state index in [0.29, 0.717) is 23.9 Å². The maximum Gasteiger partial charge on any atom is 0.424 e. The van der Waals surface area contributed by atoms with Crippen LogP contribution < -0.4 is 4.74 Å². The van der Waals surface area contributed by atoms with Crippen LogP contribution >= 0.6 is 0 Å². The largest absolute Gasteiger partial charge is 0.424 e. The van der Waals surface area contributed by atoms with Crippen LogP contribution in [0.25, 0.3) is 11.4 Å². The molecular formula is C18H15F3N6O2. The van der Waals surface area contributed by atoms with Crippen molar-refractivity contribution >= 4 is 0 Å². The monoisotopic (exact) mass is 404 g/mol. The zero-order valence-electron chi connectivity index (χ0n) is 15.3. The molecule has 0 radical (unpaired) electrons. The molecular weight excluding hydrogens is 389 g/mol. The number of hydrogen-bond donors (Lipinski definition) is 1. The summed E-state index contributed by atoms with van der Waals surface area (Å²) in [7, 11) is 0. The molecule has 29 heavy (non-hydrogen) atoms. The Kier molecular flexibility index (Phi) is 4.13. The lowest BCUT2D eigenvalue weighted by atomic mass is 10.0. The SMILES string of the molecule is C[C@H]1Cn2nc(Oc3ccc(C#N)cn3)cc2-c2cnc([C@@](C)(O)C(F)(F)F)n21. The van der Waals surface area contributed by atoms with Crippen LogP contribution in [0.3, 0.4) is 0 Å². The van der Waals surface area contributed by atoms with Gasteiger partial charge in [0.1, 0.15) is 6.07 Å². The number of imidazole rings is 1. The number of pyridine rings is 1. The van der Waals surface area contributed by atoms with Crippen molar-refractivity contribution in [1.82, 2.24) is 24.3 Å². The molecule has 1 N–H and O–H groups in total. The first-order valence-corrected chi connectivity index (χ1v) is 8.61. The predicted molar refractivity (Wildman–Crippen MR) is 92.8 cm³/mol. The molecule has 1 aliphatic rings. The number of rotatable bonds is 3. The van der Waals surface area contributed by atoms with Gasteiger partial charge in [-0.3, -0.25) is 4.68 Å². The van der Waals surface area contributed by atoms with Gasteiger partial charge in [-0.2, -0.15) is 18.4 Å². The standard InChI is InChI=1S/C18H15F3N6O2/c1-10-9-26-12(5-15(25-26)29-14-4-3-11(6-22)7-23-14)13-8-24-16(27(10)13)17(2,28)18(19,20)21/h3-5,7-8,10,28H,9H2,1-2H3/t10-,17+/m0/s1. The third-order valence-electron chi connectivity index (χ3n) is 4.76. The van der Waals surface area contributed by atoms with E-state index in [1.54, 1.807) is 23.7 Å². The molecule has 0 spiro atoms. The van der Waals surface area contributed by atoms with E-state index in [2.05, 4.69) is 15.1 Å². The van der Waals surface area contributed by atoms with Crippen molar-refractivity contribution in [1.29, 1.82) is 5.26 Å². The summed E-state index contributed by atoms with van der Waals surface area (Å²) in [5.74, 6) is -0.0546. The maximum absolute atomic E-state index is 13.3. The van der Waals surface area contributed by atoms with E-state index in [0.717, 1.165) is 0 Å². The van der Waals surface area contributed by atoms with Gasteiger partial charge in [0.05, 0.1) is 35.7 Å². The Morgan fingerprint density at radius 3 is 2.59 bits per heavy atom. The average molecular weight is 404 g/mol. The third kappa shape index (κ3) is 3.01. The van der Waals surface area contributed by atoms with Crippen LogP contribution in [-0.4, -0.2) is 35.6 Å². The molecule has 0 saturated heterocycles. The lowest BCUT2D eigenvalue weighted by Gasteiger charge is -2.31. The fourth-order valence-corrected chi connectivity index (χ4v) is 3.22. The van der Waals surface area contributed by atoms with E-state index >= 15 is 0 Å². The highest BCUT2D eigenvalue weighted by molar-refractivity contribution is 5.58. The summed E-state index contributed by atoms with van der Waals surface area (Å²) in [5.41, 5.74) is -1.82. The quantitative estimate of drug-likeness (QED) is 0.720. The van der Waals surface area contributed by atoms with Gasteiger partial charge in [-0.25, -0.2) is 9.97 Å². The molecule has 4 rings (SSSR count). The molecule has 3 aromatic heterocycles. The number of nitrogens with zero attached hydrogens (tertiary/aromatic N) is 6. The van der Waals surface area contributed by atoms with E-state index in [1.165, 1.54) is 23.0 Å². The van der Waals surface area contributed by atoms with Gasteiger partial charge in [-0.15, -0.1) is 5.10 Å². The van der Waals surface area contributed by atoms with Gasteiger partial charge < -0.3 is 14.4 Å². The highest BCUT2D eigenvalue weighted by atomic mass is 19.4. The first-order valence-electron chi connectivity index (χ1n) is 8.61. The number of aliphatic hydroxyl groups is 1. The van der Waals surface area contributed by atoms with Crippen molar-refractivity contribution in [3.05, 3.63) is 42.0 Å². The van der Waals surface area contributed by atoms with Crippen molar-refractivity contribution < 1.29 is 23.0 Å². The minimum atomic E-state index is -4.87. The molecule has 0 bridgehead atoms. The normalized spacial score (nSPS) is 17.8. The van der Waals surface area contributed by atoms with Gasteiger partial charge in [-0.05, 0) is 19.9 Å².